The number of rotatable bonds is 5. The lowest BCUT2D eigenvalue weighted by atomic mass is 10.0. The number of hydrogen-bond acceptors (Lipinski definition) is 2. The summed E-state index contributed by atoms with van der Waals surface area (Å²) in [6.45, 7) is 4.16. The molecule has 90 valence electrons. The number of aliphatic hydroxyl groups excluding tert-OH is 1. The normalized spacial score (nSPS) is 12.8. The van der Waals surface area contributed by atoms with Crippen molar-refractivity contribution in [3.8, 4) is 0 Å². The van der Waals surface area contributed by atoms with Gasteiger partial charge in [0.25, 0.3) is 0 Å². The first kappa shape index (κ1) is 13.1. The van der Waals surface area contributed by atoms with Crippen molar-refractivity contribution in [1.82, 2.24) is 0 Å². The molecule has 0 spiro atoms. The van der Waals surface area contributed by atoms with Crippen LogP contribution in [-0.4, -0.2) is 18.3 Å². The fourth-order valence-corrected chi connectivity index (χ4v) is 1.47. The van der Waals surface area contributed by atoms with Crippen LogP contribution >= 0.6 is 0 Å². The van der Waals surface area contributed by atoms with Gasteiger partial charge in [-0.3, -0.25) is 0 Å². The molecule has 1 aromatic carbocycles. The molecule has 0 aliphatic rings. The van der Waals surface area contributed by atoms with Crippen LogP contribution < -0.4 is 0 Å². The molecule has 0 heterocycles. The molecule has 2 nitrogen and oxygen atoms in total. The quantitative estimate of drug-likeness (QED) is 0.788. The number of aryl methyl sites for hydroxylation is 1. The van der Waals surface area contributed by atoms with E-state index in [0.717, 1.165) is 6.07 Å². The van der Waals surface area contributed by atoms with Crippen LogP contribution in [0.3, 0.4) is 0 Å². The van der Waals surface area contributed by atoms with E-state index in [2.05, 4.69) is 0 Å². The fraction of sp³-hybridized carbons (Fsp3) is 0.500. The molecule has 0 aliphatic carbocycles. The summed E-state index contributed by atoms with van der Waals surface area (Å²) in [6, 6.07) is 2.51. The van der Waals surface area contributed by atoms with Crippen molar-refractivity contribution in [1.29, 1.82) is 0 Å². The summed E-state index contributed by atoms with van der Waals surface area (Å²) in [5.41, 5.74) is 0.0616. The van der Waals surface area contributed by atoms with E-state index in [1.165, 1.54) is 13.0 Å². The van der Waals surface area contributed by atoms with Gasteiger partial charge in [-0.15, -0.1) is 0 Å². The van der Waals surface area contributed by atoms with Crippen LogP contribution in [0.2, 0.25) is 0 Å². The Kier molecular flexibility index (Phi) is 4.83. The van der Waals surface area contributed by atoms with Crippen LogP contribution in [0, 0.1) is 18.6 Å². The maximum absolute atomic E-state index is 13.6. The van der Waals surface area contributed by atoms with E-state index in [0.29, 0.717) is 12.2 Å². The van der Waals surface area contributed by atoms with E-state index >= 15 is 0 Å². The highest BCUT2D eigenvalue weighted by atomic mass is 19.1. The second-order valence-electron chi connectivity index (χ2n) is 3.59. The van der Waals surface area contributed by atoms with E-state index < -0.39 is 17.7 Å². The molecule has 1 rings (SSSR count). The van der Waals surface area contributed by atoms with Gasteiger partial charge in [0.15, 0.2) is 0 Å². The molecule has 0 radical (unpaired) electrons. The van der Waals surface area contributed by atoms with Crippen molar-refractivity contribution in [3.05, 3.63) is 34.9 Å². The summed E-state index contributed by atoms with van der Waals surface area (Å²) in [5, 5.41) is 9.67. The first-order valence-electron chi connectivity index (χ1n) is 5.28. The Morgan fingerprint density at radius 3 is 2.69 bits per heavy atom. The van der Waals surface area contributed by atoms with Crippen molar-refractivity contribution in [2.24, 2.45) is 0 Å². The summed E-state index contributed by atoms with van der Waals surface area (Å²) in [6.07, 6.45) is -0.975. The first-order chi connectivity index (χ1) is 7.57. The van der Waals surface area contributed by atoms with Gasteiger partial charge in [0.05, 0.1) is 11.7 Å². The predicted octanol–water partition coefficient (Wildman–Crippen LogP) is 2.73. The van der Waals surface area contributed by atoms with Gasteiger partial charge in [0.1, 0.15) is 11.6 Å². The van der Waals surface area contributed by atoms with Gasteiger partial charge < -0.3 is 9.84 Å². The lowest BCUT2D eigenvalue weighted by Gasteiger charge is -2.14. The molecular formula is C12H16F2O2. The Balaban J connectivity index is 2.81. The van der Waals surface area contributed by atoms with Crippen LogP contribution in [0.15, 0.2) is 12.1 Å². The summed E-state index contributed by atoms with van der Waals surface area (Å²) in [5.74, 6) is -1.39. The second-order valence-corrected chi connectivity index (χ2v) is 3.59. The summed E-state index contributed by atoms with van der Waals surface area (Å²) >= 11 is 0. The summed E-state index contributed by atoms with van der Waals surface area (Å²) in [7, 11) is 0. The third kappa shape index (κ3) is 3.00. The van der Waals surface area contributed by atoms with Gasteiger partial charge in [-0.05, 0) is 25.5 Å². The highest BCUT2D eigenvalue weighted by Gasteiger charge is 2.19. The van der Waals surface area contributed by atoms with E-state index in [9.17, 15) is 13.9 Å². The van der Waals surface area contributed by atoms with Crippen LogP contribution in [0.1, 0.15) is 30.6 Å². The van der Waals surface area contributed by atoms with Crippen molar-refractivity contribution in [2.45, 2.75) is 26.4 Å². The van der Waals surface area contributed by atoms with Crippen LogP contribution in [-0.2, 0) is 4.74 Å². The zero-order valence-corrected chi connectivity index (χ0v) is 9.46. The number of halogens is 2. The summed E-state index contributed by atoms with van der Waals surface area (Å²) in [4.78, 5) is 0. The van der Waals surface area contributed by atoms with Crippen molar-refractivity contribution in [3.63, 3.8) is 0 Å². The minimum atomic E-state index is -1.16. The first-order valence-corrected chi connectivity index (χ1v) is 5.28. The summed E-state index contributed by atoms with van der Waals surface area (Å²) < 4.78 is 32.0. The maximum atomic E-state index is 13.6. The highest BCUT2D eigenvalue weighted by molar-refractivity contribution is 5.28. The molecule has 4 heteroatoms. The van der Waals surface area contributed by atoms with Crippen LogP contribution in [0.4, 0.5) is 8.78 Å². The highest BCUT2D eigenvalue weighted by Crippen LogP contribution is 2.25. The number of benzene rings is 1. The molecule has 0 saturated heterocycles. The van der Waals surface area contributed by atoms with Gasteiger partial charge >= 0.3 is 0 Å². The molecule has 0 aromatic heterocycles. The SMILES string of the molecule is CCOCCC(O)c1c(F)ccc(C)c1F. The second kappa shape index (κ2) is 5.92. The molecule has 1 unspecified atom stereocenters. The average Bonchev–Trinajstić information content (AvgIpc) is 2.24. The smallest absolute Gasteiger partial charge is 0.134 e. The lowest BCUT2D eigenvalue weighted by molar-refractivity contribution is 0.0849. The molecule has 0 bridgehead atoms. The molecule has 0 amide bonds. The van der Waals surface area contributed by atoms with Crippen molar-refractivity contribution >= 4 is 0 Å². The minimum Gasteiger partial charge on any atom is -0.388 e. The van der Waals surface area contributed by atoms with Crippen LogP contribution in [0.25, 0.3) is 0 Å². The molecular weight excluding hydrogens is 214 g/mol. The Morgan fingerprint density at radius 2 is 2.06 bits per heavy atom. The van der Waals surface area contributed by atoms with Crippen LogP contribution in [0.5, 0.6) is 0 Å². The van der Waals surface area contributed by atoms with Crippen molar-refractivity contribution in [2.75, 3.05) is 13.2 Å². The predicted molar refractivity (Wildman–Crippen MR) is 57.2 cm³/mol. The van der Waals surface area contributed by atoms with E-state index in [1.54, 1.807) is 0 Å². The lowest BCUT2D eigenvalue weighted by Crippen LogP contribution is -2.08. The Morgan fingerprint density at radius 1 is 1.38 bits per heavy atom. The van der Waals surface area contributed by atoms with Gasteiger partial charge in [0, 0.05) is 19.6 Å². The monoisotopic (exact) mass is 230 g/mol. The molecule has 16 heavy (non-hydrogen) atoms. The molecule has 0 saturated carbocycles. The Labute approximate surface area is 93.9 Å². The van der Waals surface area contributed by atoms with Gasteiger partial charge in [-0.1, -0.05) is 6.07 Å². The third-order valence-corrected chi connectivity index (χ3v) is 2.39. The standard InChI is InChI=1S/C12H16F2O2/c1-3-16-7-6-10(15)11-9(13)5-4-8(2)12(11)14/h4-5,10,15H,3,6-7H2,1-2H3. The van der Waals surface area contributed by atoms with Gasteiger partial charge in [0.2, 0.25) is 0 Å². The zero-order chi connectivity index (χ0) is 12.1. The fourth-order valence-electron chi connectivity index (χ4n) is 1.47. The van der Waals surface area contributed by atoms with E-state index in [1.807, 2.05) is 6.92 Å². The zero-order valence-electron chi connectivity index (χ0n) is 9.46. The molecule has 0 fully saturated rings. The van der Waals surface area contributed by atoms with Gasteiger partial charge in [-0.2, -0.15) is 0 Å². The molecule has 1 atom stereocenters. The Hall–Kier alpha value is -1.00. The number of ether oxygens (including phenoxy) is 1. The number of hydrogen-bond donors (Lipinski definition) is 1. The van der Waals surface area contributed by atoms with E-state index in [-0.39, 0.29) is 18.6 Å². The molecule has 1 aromatic rings. The minimum absolute atomic E-state index is 0.186. The number of aliphatic hydroxyl groups is 1. The topological polar surface area (TPSA) is 29.5 Å². The third-order valence-electron chi connectivity index (χ3n) is 2.39. The Bertz CT molecular complexity index is 353. The molecule has 1 N–H and O–H groups in total. The molecule has 0 aliphatic heterocycles. The maximum Gasteiger partial charge on any atom is 0.134 e. The van der Waals surface area contributed by atoms with E-state index in [4.69, 9.17) is 4.74 Å². The largest absolute Gasteiger partial charge is 0.388 e. The van der Waals surface area contributed by atoms with Gasteiger partial charge in [-0.25, -0.2) is 8.78 Å². The van der Waals surface area contributed by atoms with Crippen molar-refractivity contribution < 1.29 is 18.6 Å². The average molecular weight is 230 g/mol.